The van der Waals surface area contributed by atoms with Crippen molar-refractivity contribution in [1.82, 2.24) is 9.55 Å². The Morgan fingerprint density at radius 1 is 1.20 bits per heavy atom. The number of benzene rings is 1. The molecular weight excluding hydrogens is 342 g/mol. The number of rotatable bonds is 4. The highest BCUT2D eigenvalue weighted by molar-refractivity contribution is 7.92. The topological polar surface area (TPSA) is 92.5 Å². The smallest absolute Gasteiger partial charge is 0.307 e. The van der Waals surface area contributed by atoms with Crippen LogP contribution in [0.25, 0.3) is 0 Å². The Morgan fingerprint density at radius 2 is 2.04 bits per heavy atom. The highest BCUT2D eigenvalue weighted by atomic mass is 32.2. The van der Waals surface area contributed by atoms with Gasteiger partial charge in [0, 0.05) is 25.7 Å². The van der Waals surface area contributed by atoms with Crippen molar-refractivity contribution < 1.29 is 18.3 Å². The van der Waals surface area contributed by atoms with Gasteiger partial charge in [-0.2, -0.15) is 8.42 Å². The second kappa shape index (κ2) is 5.87. The molecule has 25 heavy (non-hydrogen) atoms. The van der Waals surface area contributed by atoms with Crippen molar-refractivity contribution >= 4 is 21.7 Å². The summed E-state index contributed by atoms with van der Waals surface area (Å²) in [7, 11) is -3.74. The summed E-state index contributed by atoms with van der Waals surface area (Å²) in [5.41, 5.74) is 2.09. The maximum Gasteiger partial charge on any atom is 0.307 e. The zero-order chi connectivity index (χ0) is 17.6. The Hall–Kier alpha value is -2.35. The number of aryl methyl sites for hydroxylation is 2. The molecule has 0 radical (unpaired) electrons. The van der Waals surface area contributed by atoms with Crippen LogP contribution in [0.3, 0.4) is 0 Å². The minimum absolute atomic E-state index is 0.0842. The average molecular weight is 361 g/mol. The fraction of sp³-hybridized carbons (Fsp3) is 0.412. The lowest BCUT2D eigenvalue weighted by atomic mass is 10.1. The highest BCUT2D eigenvalue weighted by Crippen LogP contribution is 2.34. The van der Waals surface area contributed by atoms with Crippen molar-refractivity contribution in [1.29, 1.82) is 0 Å². The van der Waals surface area contributed by atoms with Gasteiger partial charge in [-0.25, -0.2) is 4.98 Å². The van der Waals surface area contributed by atoms with Crippen LogP contribution < -0.4 is 4.31 Å². The standard InChI is InChI=1S/C17H19N3O4S/c21-17(22)10-12-4-5-13-6-8-20(14(13)9-12)25(23,24)16-11-19-7-2-1-3-15(19)18-16/h4-5,9,11H,1-3,6-8,10H2,(H,21,22). The van der Waals surface area contributed by atoms with Gasteiger partial charge in [0.15, 0.2) is 5.03 Å². The van der Waals surface area contributed by atoms with Crippen LogP contribution in [0.5, 0.6) is 0 Å². The highest BCUT2D eigenvalue weighted by Gasteiger charge is 2.33. The van der Waals surface area contributed by atoms with Crippen molar-refractivity contribution in [3.8, 4) is 0 Å². The van der Waals surface area contributed by atoms with Crippen LogP contribution in [0, 0.1) is 0 Å². The quantitative estimate of drug-likeness (QED) is 0.893. The normalized spacial score (nSPS) is 16.6. The molecular formula is C17H19N3O4S. The third-order valence-electron chi connectivity index (χ3n) is 4.80. The van der Waals surface area contributed by atoms with Gasteiger partial charge in [-0.15, -0.1) is 0 Å². The molecule has 0 unspecified atom stereocenters. The summed E-state index contributed by atoms with van der Waals surface area (Å²) >= 11 is 0. The van der Waals surface area contributed by atoms with Gasteiger partial charge >= 0.3 is 5.97 Å². The second-order valence-electron chi connectivity index (χ2n) is 6.51. The van der Waals surface area contributed by atoms with Crippen LogP contribution in [0.4, 0.5) is 5.69 Å². The lowest BCUT2D eigenvalue weighted by molar-refractivity contribution is -0.136. The lowest BCUT2D eigenvalue weighted by Crippen LogP contribution is -2.29. The van der Waals surface area contributed by atoms with Crippen molar-refractivity contribution in [3.63, 3.8) is 0 Å². The zero-order valence-corrected chi connectivity index (χ0v) is 14.5. The average Bonchev–Trinajstić information content (AvgIpc) is 3.18. The molecule has 0 aliphatic carbocycles. The number of sulfonamides is 1. The number of nitrogens with zero attached hydrogens (tertiary/aromatic N) is 3. The van der Waals surface area contributed by atoms with E-state index in [-0.39, 0.29) is 11.4 Å². The minimum atomic E-state index is -3.74. The largest absolute Gasteiger partial charge is 0.481 e. The monoisotopic (exact) mass is 361 g/mol. The number of hydrogen-bond acceptors (Lipinski definition) is 4. The molecule has 0 saturated heterocycles. The van der Waals surface area contributed by atoms with E-state index in [2.05, 4.69) is 4.98 Å². The number of carbonyl (C=O) groups is 1. The molecule has 0 atom stereocenters. The molecule has 2 aliphatic heterocycles. The number of aliphatic carboxylic acids is 1. The minimum Gasteiger partial charge on any atom is -0.481 e. The van der Waals surface area contributed by atoms with Crippen molar-refractivity contribution in [2.24, 2.45) is 0 Å². The summed E-state index contributed by atoms with van der Waals surface area (Å²) in [4.78, 5) is 15.3. The molecule has 0 amide bonds. The van der Waals surface area contributed by atoms with E-state index in [1.54, 1.807) is 18.3 Å². The SMILES string of the molecule is O=C(O)Cc1ccc2c(c1)N(S(=O)(=O)c1cn3c(n1)CCCC3)CC2. The molecule has 2 aliphatic rings. The lowest BCUT2D eigenvalue weighted by Gasteiger charge is -2.18. The first-order valence-corrected chi connectivity index (χ1v) is 9.81. The van der Waals surface area contributed by atoms with E-state index in [1.807, 2.05) is 10.6 Å². The van der Waals surface area contributed by atoms with E-state index in [1.165, 1.54) is 4.31 Å². The van der Waals surface area contributed by atoms with Crippen LogP contribution in [-0.2, 0) is 40.6 Å². The molecule has 0 saturated carbocycles. The van der Waals surface area contributed by atoms with Crippen molar-refractivity contribution in [3.05, 3.63) is 41.3 Å². The Balaban J connectivity index is 1.71. The van der Waals surface area contributed by atoms with Crippen LogP contribution in [0.2, 0.25) is 0 Å². The van der Waals surface area contributed by atoms with Gasteiger partial charge in [0.2, 0.25) is 0 Å². The number of carboxylic acids is 1. The second-order valence-corrected chi connectivity index (χ2v) is 8.32. The number of aromatic nitrogens is 2. The third-order valence-corrected chi connectivity index (χ3v) is 6.48. The van der Waals surface area contributed by atoms with Gasteiger partial charge in [-0.3, -0.25) is 9.10 Å². The summed E-state index contributed by atoms with van der Waals surface area (Å²) in [6.07, 6.45) is 4.99. The molecule has 2 aromatic rings. The van der Waals surface area contributed by atoms with Gasteiger partial charge in [-0.1, -0.05) is 12.1 Å². The van der Waals surface area contributed by atoms with E-state index in [4.69, 9.17) is 5.11 Å². The fourth-order valence-electron chi connectivity index (χ4n) is 3.55. The first-order chi connectivity index (χ1) is 11.9. The predicted octanol–water partition coefficient (Wildman–Crippen LogP) is 1.60. The molecule has 0 bridgehead atoms. The van der Waals surface area contributed by atoms with Crippen molar-refractivity contribution in [2.75, 3.05) is 10.8 Å². The maximum atomic E-state index is 13.1. The number of anilines is 1. The first kappa shape index (κ1) is 16.1. The van der Waals surface area contributed by atoms with Gasteiger partial charge < -0.3 is 9.67 Å². The van der Waals surface area contributed by atoms with Gasteiger partial charge in [-0.05, 0) is 36.5 Å². The third kappa shape index (κ3) is 2.80. The maximum absolute atomic E-state index is 13.1. The first-order valence-electron chi connectivity index (χ1n) is 8.37. The van der Waals surface area contributed by atoms with Crippen LogP contribution in [0.1, 0.15) is 29.8 Å². The fourth-order valence-corrected chi connectivity index (χ4v) is 5.02. The number of hydrogen-bond donors (Lipinski definition) is 1. The molecule has 7 nitrogen and oxygen atoms in total. The van der Waals surface area contributed by atoms with Crippen LogP contribution in [0.15, 0.2) is 29.4 Å². The number of fused-ring (bicyclic) bond motifs is 2. The molecule has 132 valence electrons. The van der Waals surface area contributed by atoms with E-state index >= 15 is 0 Å². The molecule has 0 fully saturated rings. The van der Waals surface area contributed by atoms with Crippen LogP contribution in [-0.4, -0.2) is 35.6 Å². The molecule has 0 spiro atoms. The van der Waals surface area contributed by atoms with E-state index in [9.17, 15) is 13.2 Å². The van der Waals surface area contributed by atoms with Crippen molar-refractivity contribution in [2.45, 2.75) is 43.7 Å². The van der Waals surface area contributed by atoms with E-state index in [0.717, 1.165) is 37.2 Å². The summed E-state index contributed by atoms with van der Waals surface area (Å²) in [6, 6.07) is 5.24. The Kier molecular flexibility index (Phi) is 3.79. The van der Waals surface area contributed by atoms with Gasteiger partial charge in [0.1, 0.15) is 5.82 Å². The van der Waals surface area contributed by atoms with E-state index in [0.29, 0.717) is 24.2 Å². The van der Waals surface area contributed by atoms with Crippen LogP contribution >= 0.6 is 0 Å². The molecule has 8 heteroatoms. The van der Waals surface area contributed by atoms with Gasteiger partial charge in [0.05, 0.1) is 12.1 Å². The summed E-state index contributed by atoms with van der Waals surface area (Å²) in [5, 5.41) is 9.05. The molecule has 1 aromatic heterocycles. The molecule has 1 aromatic carbocycles. The van der Waals surface area contributed by atoms with E-state index < -0.39 is 16.0 Å². The molecule has 1 N–H and O–H groups in total. The zero-order valence-electron chi connectivity index (χ0n) is 13.7. The summed E-state index contributed by atoms with van der Waals surface area (Å²) in [5.74, 6) is -0.113. The number of carboxylic acid groups (broad SMARTS) is 1. The Bertz CT molecular complexity index is 925. The summed E-state index contributed by atoms with van der Waals surface area (Å²) < 4.78 is 29.5. The Labute approximate surface area is 146 Å². The predicted molar refractivity (Wildman–Crippen MR) is 91.2 cm³/mol. The number of imidazole rings is 1. The summed E-state index contributed by atoms with van der Waals surface area (Å²) in [6.45, 7) is 1.16. The Morgan fingerprint density at radius 3 is 2.80 bits per heavy atom. The molecule has 4 rings (SSSR count). The van der Waals surface area contributed by atoms with Gasteiger partial charge in [0.25, 0.3) is 10.0 Å². The molecule has 3 heterocycles.